The number of nitrogens with one attached hydrogen (secondary N) is 1. The van der Waals surface area contributed by atoms with Gasteiger partial charge in [0, 0.05) is 12.1 Å². The van der Waals surface area contributed by atoms with Crippen molar-refractivity contribution in [3.63, 3.8) is 0 Å². The second-order valence-electron chi connectivity index (χ2n) is 4.45. The third-order valence-electron chi connectivity index (χ3n) is 3.18. The molecular weight excluding hydrogens is 274 g/mol. The van der Waals surface area contributed by atoms with E-state index in [0.29, 0.717) is 5.69 Å². The molecule has 1 aliphatic heterocycles. The number of carbonyl (C=O) groups excluding carboxylic acids is 1. The van der Waals surface area contributed by atoms with Crippen molar-refractivity contribution in [1.29, 1.82) is 0 Å². The number of aliphatic carboxylic acids is 1. The van der Waals surface area contributed by atoms with E-state index in [9.17, 15) is 14.7 Å². The number of carboxylic acids is 1. The van der Waals surface area contributed by atoms with Gasteiger partial charge in [0.05, 0.1) is 12.4 Å². The molecule has 106 valence electrons. The molecule has 8 nitrogen and oxygen atoms in total. The lowest BCUT2D eigenvalue weighted by molar-refractivity contribution is -0.138. The number of rotatable bonds is 2. The van der Waals surface area contributed by atoms with Gasteiger partial charge >= 0.3 is 12.0 Å². The first-order valence-electron chi connectivity index (χ1n) is 6.21. The Balaban J connectivity index is 1.91. The number of carbonyl (C=O) groups is 2. The molecular formula is C13H11N5O3. The van der Waals surface area contributed by atoms with Crippen molar-refractivity contribution < 1.29 is 14.7 Å². The highest BCUT2D eigenvalue weighted by Gasteiger charge is 2.38. The Hall–Kier alpha value is -3.03. The standard InChI is InChI=1S/C13H11N5O3/c19-11(20)10-7-8-3-1-2-4-9(8)18(10)13(21)16-12-14-5-6-15-17-12/h1-6,10H,7H2,(H,19,20)(H,14,16,17,21). The molecule has 2 heterocycles. The summed E-state index contributed by atoms with van der Waals surface area (Å²) in [5.41, 5.74) is 1.39. The highest BCUT2D eigenvalue weighted by molar-refractivity contribution is 6.06. The average molecular weight is 285 g/mol. The van der Waals surface area contributed by atoms with Gasteiger partial charge in [0.2, 0.25) is 0 Å². The zero-order valence-corrected chi connectivity index (χ0v) is 10.8. The van der Waals surface area contributed by atoms with Crippen LogP contribution in [0.25, 0.3) is 0 Å². The van der Waals surface area contributed by atoms with Gasteiger partial charge in [-0.15, -0.1) is 5.10 Å². The van der Waals surface area contributed by atoms with Crippen molar-refractivity contribution in [1.82, 2.24) is 15.2 Å². The fourth-order valence-electron chi connectivity index (χ4n) is 2.30. The summed E-state index contributed by atoms with van der Waals surface area (Å²) >= 11 is 0. The number of hydrogen-bond donors (Lipinski definition) is 2. The lowest BCUT2D eigenvalue weighted by atomic mass is 10.1. The Bertz CT molecular complexity index is 691. The van der Waals surface area contributed by atoms with Crippen molar-refractivity contribution in [2.75, 3.05) is 10.2 Å². The first kappa shape index (κ1) is 13.0. The molecule has 2 N–H and O–H groups in total. The minimum absolute atomic E-state index is 0.0241. The zero-order valence-electron chi connectivity index (χ0n) is 10.8. The molecule has 0 radical (unpaired) electrons. The number of nitrogens with zero attached hydrogens (tertiary/aromatic N) is 4. The number of para-hydroxylation sites is 1. The molecule has 0 bridgehead atoms. The lowest BCUT2D eigenvalue weighted by Gasteiger charge is -2.22. The maximum Gasteiger partial charge on any atom is 0.329 e. The molecule has 2 amide bonds. The number of aromatic nitrogens is 3. The van der Waals surface area contributed by atoms with E-state index < -0.39 is 18.0 Å². The molecule has 21 heavy (non-hydrogen) atoms. The molecule has 1 aromatic heterocycles. The Morgan fingerprint density at radius 1 is 1.29 bits per heavy atom. The van der Waals surface area contributed by atoms with E-state index in [0.717, 1.165) is 5.56 Å². The van der Waals surface area contributed by atoms with Gasteiger partial charge in [0.1, 0.15) is 6.04 Å². The van der Waals surface area contributed by atoms with Crippen LogP contribution in [-0.4, -0.2) is 38.3 Å². The van der Waals surface area contributed by atoms with Crippen LogP contribution in [0.15, 0.2) is 36.7 Å². The van der Waals surface area contributed by atoms with Crippen molar-refractivity contribution in [3.8, 4) is 0 Å². The van der Waals surface area contributed by atoms with Crippen LogP contribution in [0, 0.1) is 0 Å². The van der Waals surface area contributed by atoms with Gasteiger partial charge in [-0.3, -0.25) is 10.2 Å². The minimum Gasteiger partial charge on any atom is -0.480 e. The minimum atomic E-state index is -1.06. The molecule has 3 rings (SSSR count). The van der Waals surface area contributed by atoms with Gasteiger partial charge < -0.3 is 5.11 Å². The normalized spacial score (nSPS) is 16.4. The Morgan fingerprint density at radius 3 is 2.81 bits per heavy atom. The van der Waals surface area contributed by atoms with E-state index in [-0.39, 0.29) is 12.4 Å². The average Bonchev–Trinajstić information content (AvgIpc) is 2.88. The highest BCUT2D eigenvalue weighted by atomic mass is 16.4. The van der Waals surface area contributed by atoms with Crippen LogP contribution in [0.1, 0.15) is 5.56 Å². The predicted molar refractivity (Wildman–Crippen MR) is 72.9 cm³/mol. The SMILES string of the molecule is O=C(O)C1Cc2ccccc2N1C(=O)Nc1nccnn1. The molecule has 0 spiro atoms. The van der Waals surface area contributed by atoms with Gasteiger partial charge in [-0.2, -0.15) is 5.10 Å². The Labute approximate surface area is 119 Å². The quantitative estimate of drug-likeness (QED) is 0.849. The van der Waals surface area contributed by atoms with Gasteiger partial charge in [-0.25, -0.2) is 14.6 Å². The number of fused-ring (bicyclic) bond motifs is 1. The number of carboxylic acid groups (broad SMARTS) is 1. The van der Waals surface area contributed by atoms with Gasteiger partial charge in [0.15, 0.2) is 0 Å². The molecule has 8 heteroatoms. The van der Waals surface area contributed by atoms with E-state index in [4.69, 9.17) is 0 Å². The van der Waals surface area contributed by atoms with Crippen LogP contribution in [0.2, 0.25) is 0 Å². The van der Waals surface area contributed by atoms with E-state index in [1.165, 1.54) is 17.3 Å². The van der Waals surface area contributed by atoms with Crippen LogP contribution in [0.4, 0.5) is 16.4 Å². The lowest BCUT2D eigenvalue weighted by Crippen LogP contribution is -2.45. The summed E-state index contributed by atoms with van der Waals surface area (Å²) in [6, 6.07) is 5.54. The zero-order chi connectivity index (χ0) is 14.8. The molecule has 1 aliphatic rings. The predicted octanol–water partition coefficient (Wildman–Crippen LogP) is 0.919. The summed E-state index contributed by atoms with van der Waals surface area (Å²) < 4.78 is 0. The summed E-state index contributed by atoms with van der Waals surface area (Å²) in [5.74, 6) is -1.04. The van der Waals surface area contributed by atoms with Crippen LogP contribution in [0.3, 0.4) is 0 Å². The first-order chi connectivity index (χ1) is 10.2. The van der Waals surface area contributed by atoms with Gasteiger partial charge in [-0.05, 0) is 11.6 Å². The highest BCUT2D eigenvalue weighted by Crippen LogP contribution is 2.32. The first-order valence-corrected chi connectivity index (χ1v) is 6.21. The Kier molecular flexibility index (Phi) is 3.19. The molecule has 0 aliphatic carbocycles. The summed E-state index contributed by atoms with van der Waals surface area (Å²) in [5, 5.41) is 19.0. The van der Waals surface area contributed by atoms with E-state index in [1.54, 1.807) is 18.2 Å². The fraction of sp³-hybridized carbons (Fsp3) is 0.154. The Morgan fingerprint density at radius 2 is 2.10 bits per heavy atom. The van der Waals surface area contributed by atoms with Crippen molar-refractivity contribution in [2.24, 2.45) is 0 Å². The van der Waals surface area contributed by atoms with Crippen molar-refractivity contribution in [3.05, 3.63) is 42.2 Å². The van der Waals surface area contributed by atoms with Crippen molar-refractivity contribution in [2.45, 2.75) is 12.5 Å². The monoisotopic (exact) mass is 285 g/mol. The number of amides is 2. The largest absolute Gasteiger partial charge is 0.480 e. The summed E-state index contributed by atoms with van der Waals surface area (Å²) in [4.78, 5) is 28.7. The summed E-state index contributed by atoms with van der Waals surface area (Å²) in [6.07, 6.45) is 3.03. The molecule has 0 fully saturated rings. The third kappa shape index (κ3) is 2.38. The van der Waals surface area contributed by atoms with Crippen LogP contribution >= 0.6 is 0 Å². The summed E-state index contributed by atoms with van der Waals surface area (Å²) in [6.45, 7) is 0. The van der Waals surface area contributed by atoms with Crippen LogP contribution in [-0.2, 0) is 11.2 Å². The number of urea groups is 1. The molecule has 1 atom stereocenters. The second kappa shape index (κ2) is 5.16. The van der Waals surface area contributed by atoms with E-state index in [2.05, 4.69) is 20.5 Å². The number of anilines is 2. The molecule has 2 aromatic rings. The molecule has 1 aromatic carbocycles. The molecule has 0 saturated carbocycles. The van der Waals surface area contributed by atoms with Crippen LogP contribution < -0.4 is 10.2 Å². The van der Waals surface area contributed by atoms with Crippen LogP contribution in [0.5, 0.6) is 0 Å². The second-order valence-corrected chi connectivity index (χ2v) is 4.45. The molecule has 0 saturated heterocycles. The van der Waals surface area contributed by atoms with Gasteiger partial charge in [-0.1, -0.05) is 18.2 Å². The third-order valence-corrected chi connectivity index (χ3v) is 3.18. The number of benzene rings is 1. The van der Waals surface area contributed by atoms with E-state index in [1.807, 2.05) is 6.07 Å². The molecule has 1 unspecified atom stereocenters. The summed E-state index contributed by atoms with van der Waals surface area (Å²) in [7, 11) is 0. The maximum atomic E-state index is 12.3. The van der Waals surface area contributed by atoms with Gasteiger partial charge in [0.25, 0.3) is 5.95 Å². The topological polar surface area (TPSA) is 108 Å². The smallest absolute Gasteiger partial charge is 0.329 e. The maximum absolute atomic E-state index is 12.3. The number of hydrogen-bond acceptors (Lipinski definition) is 5. The van der Waals surface area contributed by atoms with Crippen molar-refractivity contribution >= 4 is 23.6 Å². The fourth-order valence-corrected chi connectivity index (χ4v) is 2.30. The van der Waals surface area contributed by atoms with E-state index >= 15 is 0 Å².